The van der Waals surface area contributed by atoms with Crippen molar-refractivity contribution in [1.29, 1.82) is 0 Å². The molecule has 0 spiro atoms. The molecule has 3 rings (SSSR count). The fourth-order valence-corrected chi connectivity index (χ4v) is 3.89. The van der Waals surface area contributed by atoms with Gasteiger partial charge in [-0.3, -0.25) is 4.79 Å². The average molecular weight is 508 g/mol. The molecule has 0 radical (unpaired) electrons. The number of hydrogen-bond donors (Lipinski definition) is 2. The largest absolute Gasteiger partial charge is 0.480 e. The third kappa shape index (κ3) is 8.80. The van der Waals surface area contributed by atoms with Crippen molar-refractivity contribution in [1.82, 2.24) is 5.32 Å². The highest BCUT2D eigenvalue weighted by molar-refractivity contribution is 5.77. The van der Waals surface area contributed by atoms with Gasteiger partial charge in [0.25, 0.3) is 0 Å². The SMILES string of the molecule is O=C(O)COCC(=O)NCCOCCOCCOC(c1ccccc1)(c1ccccc1)c1ccccc1. The molecule has 0 atom stereocenters. The standard InChI is InChI=1S/C29H33NO7/c31-27(22-36-23-28(32)33)30-16-17-34-18-19-35-20-21-37-29(24-10-4-1-5-11-24,25-12-6-2-7-13-25)26-14-8-3-9-15-26/h1-15H,16-23H2,(H,30,31)(H,32,33). The summed E-state index contributed by atoms with van der Waals surface area (Å²) in [5.41, 5.74) is 2.32. The quantitative estimate of drug-likeness (QED) is 0.214. The van der Waals surface area contributed by atoms with E-state index in [1.807, 2.05) is 54.6 Å². The highest BCUT2D eigenvalue weighted by Gasteiger charge is 2.37. The van der Waals surface area contributed by atoms with Gasteiger partial charge in [-0.2, -0.15) is 0 Å². The molecule has 2 N–H and O–H groups in total. The van der Waals surface area contributed by atoms with Gasteiger partial charge in [0.05, 0.1) is 33.0 Å². The number of rotatable bonds is 17. The molecule has 8 heteroatoms. The Balaban J connectivity index is 1.47. The molecule has 0 aliphatic carbocycles. The molecule has 0 heterocycles. The molecule has 3 aromatic carbocycles. The maximum absolute atomic E-state index is 11.5. The zero-order valence-corrected chi connectivity index (χ0v) is 20.7. The molecule has 0 bridgehead atoms. The fourth-order valence-electron chi connectivity index (χ4n) is 3.89. The van der Waals surface area contributed by atoms with Gasteiger partial charge in [-0.05, 0) is 16.7 Å². The van der Waals surface area contributed by atoms with Gasteiger partial charge in [0.1, 0.15) is 18.8 Å². The van der Waals surface area contributed by atoms with Crippen LogP contribution in [0.15, 0.2) is 91.0 Å². The second kappa shape index (κ2) is 15.5. The first kappa shape index (κ1) is 28.0. The normalized spacial score (nSPS) is 11.2. The summed E-state index contributed by atoms with van der Waals surface area (Å²) < 4.78 is 22.6. The Hall–Kier alpha value is -3.56. The number of aliphatic carboxylic acids is 1. The van der Waals surface area contributed by atoms with E-state index in [1.54, 1.807) is 0 Å². The van der Waals surface area contributed by atoms with Gasteiger partial charge >= 0.3 is 5.97 Å². The van der Waals surface area contributed by atoms with Gasteiger partial charge in [-0.1, -0.05) is 91.0 Å². The molecule has 37 heavy (non-hydrogen) atoms. The molecule has 0 saturated heterocycles. The molecule has 0 saturated carbocycles. The van der Waals surface area contributed by atoms with Crippen molar-refractivity contribution in [2.75, 3.05) is 52.8 Å². The van der Waals surface area contributed by atoms with Crippen molar-refractivity contribution in [2.24, 2.45) is 0 Å². The molecular formula is C29H33NO7. The predicted molar refractivity (Wildman–Crippen MR) is 138 cm³/mol. The topological polar surface area (TPSA) is 103 Å². The average Bonchev–Trinajstić information content (AvgIpc) is 2.93. The number of hydrogen-bond acceptors (Lipinski definition) is 6. The van der Waals surface area contributed by atoms with Crippen LogP contribution in [0.4, 0.5) is 0 Å². The first-order chi connectivity index (χ1) is 18.1. The van der Waals surface area contributed by atoms with Crippen LogP contribution >= 0.6 is 0 Å². The molecule has 0 fully saturated rings. The van der Waals surface area contributed by atoms with Crippen LogP contribution in [0, 0.1) is 0 Å². The van der Waals surface area contributed by atoms with Crippen molar-refractivity contribution in [3.63, 3.8) is 0 Å². The van der Waals surface area contributed by atoms with Crippen molar-refractivity contribution in [2.45, 2.75) is 5.60 Å². The summed E-state index contributed by atoms with van der Waals surface area (Å²) in [6.45, 7) is 1.30. The molecule has 0 aliphatic heterocycles. The number of carbonyl (C=O) groups excluding carboxylic acids is 1. The van der Waals surface area contributed by atoms with Gasteiger partial charge in [0, 0.05) is 6.54 Å². The minimum atomic E-state index is -1.12. The third-order valence-electron chi connectivity index (χ3n) is 5.49. The molecule has 0 unspecified atom stereocenters. The first-order valence-electron chi connectivity index (χ1n) is 12.1. The second-order valence-electron chi connectivity index (χ2n) is 8.09. The van der Waals surface area contributed by atoms with E-state index in [-0.39, 0.29) is 6.61 Å². The minimum Gasteiger partial charge on any atom is -0.480 e. The highest BCUT2D eigenvalue weighted by Crippen LogP contribution is 2.40. The number of carboxylic acids is 1. The second-order valence-corrected chi connectivity index (χ2v) is 8.09. The summed E-state index contributed by atoms with van der Waals surface area (Å²) >= 11 is 0. The van der Waals surface area contributed by atoms with Crippen molar-refractivity contribution in [3.05, 3.63) is 108 Å². The lowest BCUT2D eigenvalue weighted by Crippen LogP contribution is -2.34. The number of nitrogens with one attached hydrogen (secondary N) is 1. The highest BCUT2D eigenvalue weighted by atomic mass is 16.6. The zero-order valence-electron chi connectivity index (χ0n) is 20.7. The van der Waals surface area contributed by atoms with E-state index >= 15 is 0 Å². The third-order valence-corrected chi connectivity index (χ3v) is 5.49. The van der Waals surface area contributed by atoms with Crippen LogP contribution in [-0.4, -0.2) is 69.8 Å². The Labute approximate surface area is 217 Å². The summed E-state index contributed by atoms with van der Waals surface area (Å²) in [4.78, 5) is 21.9. The molecule has 8 nitrogen and oxygen atoms in total. The molecule has 1 amide bonds. The smallest absolute Gasteiger partial charge is 0.329 e. The number of amides is 1. The van der Waals surface area contributed by atoms with Crippen LogP contribution in [0.25, 0.3) is 0 Å². The van der Waals surface area contributed by atoms with E-state index in [1.165, 1.54) is 0 Å². The number of ether oxygens (including phenoxy) is 4. The van der Waals surface area contributed by atoms with Crippen LogP contribution in [0.3, 0.4) is 0 Å². The van der Waals surface area contributed by atoms with E-state index in [0.717, 1.165) is 16.7 Å². The Kier molecular flexibility index (Phi) is 11.8. The number of carbonyl (C=O) groups is 2. The molecule has 0 aromatic heterocycles. The van der Waals surface area contributed by atoms with Crippen LogP contribution in [0.5, 0.6) is 0 Å². The molecular weight excluding hydrogens is 474 g/mol. The molecule has 0 aliphatic rings. The number of benzene rings is 3. The van der Waals surface area contributed by atoms with Gasteiger partial charge < -0.3 is 29.4 Å². The molecule has 3 aromatic rings. The lowest BCUT2D eigenvalue weighted by atomic mass is 9.80. The van der Waals surface area contributed by atoms with E-state index in [4.69, 9.17) is 24.1 Å². The number of carboxylic acid groups (broad SMARTS) is 1. The van der Waals surface area contributed by atoms with Crippen molar-refractivity contribution >= 4 is 11.9 Å². The lowest BCUT2D eigenvalue weighted by Gasteiger charge is -2.36. The fraction of sp³-hybridized carbons (Fsp3) is 0.310. The zero-order chi connectivity index (χ0) is 26.2. The van der Waals surface area contributed by atoms with Crippen LogP contribution < -0.4 is 5.32 Å². The minimum absolute atomic E-state index is 0.298. The summed E-state index contributed by atoms with van der Waals surface area (Å²) in [5.74, 6) is -1.51. The Bertz CT molecular complexity index is 965. The van der Waals surface area contributed by atoms with Gasteiger partial charge in [-0.25, -0.2) is 4.79 Å². The maximum atomic E-state index is 11.5. The Morgan fingerprint density at radius 1 is 0.622 bits per heavy atom. The van der Waals surface area contributed by atoms with Crippen LogP contribution in [-0.2, 0) is 34.1 Å². The van der Waals surface area contributed by atoms with E-state index < -0.39 is 24.1 Å². The maximum Gasteiger partial charge on any atom is 0.329 e. The van der Waals surface area contributed by atoms with E-state index in [9.17, 15) is 9.59 Å². The summed E-state index contributed by atoms with van der Waals surface area (Å²) in [6.07, 6.45) is 0. The van der Waals surface area contributed by atoms with Gasteiger partial charge in [0.15, 0.2) is 0 Å². The molecule has 196 valence electrons. The summed E-state index contributed by atoms with van der Waals surface area (Å²) in [7, 11) is 0. The summed E-state index contributed by atoms with van der Waals surface area (Å²) in [6, 6.07) is 30.5. The lowest BCUT2D eigenvalue weighted by molar-refractivity contribution is -0.143. The Morgan fingerprint density at radius 2 is 1.08 bits per heavy atom. The van der Waals surface area contributed by atoms with Gasteiger partial charge in [0.2, 0.25) is 5.91 Å². The monoisotopic (exact) mass is 507 g/mol. The van der Waals surface area contributed by atoms with Crippen molar-refractivity contribution in [3.8, 4) is 0 Å². The van der Waals surface area contributed by atoms with Crippen LogP contribution in [0.1, 0.15) is 16.7 Å². The summed E-state index contributed by atoms with van der Waals surface area (Å²) in [5, 5.41) is 11.1. The van der Waals surface area contributed by atoms with Crippen molar-refractivity contribution < 1.29 is 33.6 Å². The predicted octanol–water partition coefficient (Wildman–Crippen LogP) is 3.25. The van der Waals surface area contributed by atoms with Gasteiger partial charge in [-0.15, -0.1) is 0 Å². The van der Waals surface area contributed by atoms with E-state index in [2.05, 4.69) is 41.7 Å². The Morgan fingerprint density at radius 3 is 1.57 bits per heavy atom. The van der Waals surface area contributed by atoms with E-state index in [0.29, 0.717) is 39.6 Å². The van der Waals surface area contributed by atoms with Crippen LogP contribution in [0.2, 0.25) is 0 Å². The first-order valence-corrected chi connectivity index (χ1v) is 12.1.